The van der Waals surface area contributed by atoms with Crippen LogP contribution in [0.3, 0.4) is 0 Å². The lowest BCUT2D eigenvalue weighted by Gasteiger charge is -2.11. The average molecular weight is 498 g/mol. The largest absolute Gasteiger partial charge is 0.328 e. The molecule has 178 valence electrons. The van der Waals surface area contributed by atoms with Gasteiger partial charge in [0.25, 0.3) is 0 Å². The predicted molar refractivity (Wildman–Crippen MR) is 135 cm³/mol. The maximum absolute atomic E-state index is 12.6. The number of thiazole rings is 1. The zero-order chi connectivity index (χ0) is 24.3. The summed E-state index contributed by atoms with van der Waals surface area (Å²) in [5.41, 5.74) is 2.65. The number of amides is 1. The summed E-state index contributed by atoms with van der Waals surface area (Å²) >= 11 is 1.47. The standard InChI is InChI=1S/C24H27N5O3S2/c1-4-29-21-11-10-19(34(31,32)28(2)3)15-20(21)26-22(29)12-13-23(30)27-24-25-16-18(33-24)14-17-8-6-5-7-9-17/h5-11,15-16H,4,12-14H2,1-3H3,(H,25,27,30). The maximum atomic E-state index is 12.6. The fourth-order valence-corrected chi connectivity index (χ4v) is 5.51. The van der Waals surface area contributed by atoms with Gasteiger partial charge in [-0.25, -0.2) is 22.7 Å². The highest BCUT2D eigenvalue weighted by molar-refractivity contribution is 7.89. The molecule has 0 aliphatic rings. The smallest absolute Gasteiger partial charge is 0.242 e. The summed E-state index contributed by atoms with van der Waals surface area (Å²) in [5.74, 6) is 0.613. The highest BCUT2D eigenvalue weighted by Gasteiger charge is 2.20. The van der Waals surface area contributed by atoms with Crippen molar-refractivity contribution in [1.82, 2.24) is 18.8 Å². The molecule has 0 fully saturated rings. The number of rotatable bonds is 9. The fraction of sp³-hybridized carbons (Fsp3) is 0.292. The van der Waals surface area contributed by atoms with E-state index in [9.17, 15) is 13.2 Å². The van der Waals surface area contributed by atoms with Crippen molar-refractivity contribution in [3.05, 3.63) is 71.0 Å². The molecule has 0 saturated heterocycles. The van der Waals surface area contributed by atoms with E-state index in [1.54, 1.807) is 24.4 Å². The van der Waals surface area contributed by atoms with Gasteiger partial charge in [-0.3, -0.25) is 4.79 Å². The van der Waals surface area contributed by atoms with Crippen molar-refractivity contribution >= 4 is 43.4 Å². The number of carbonyl (C=O) groups excluding carboxylic acids is 1. The Bertz CT molecular complexity index is 1410. The number of nitrogens with one attached hydrogen (secondary N) is 1. The van der Waals surface area contributed by atoms with Crippen LogP contribution in [0.15, 0.2) is 59.6 Å². The van der Waals surface area contributed by atoms with E-state index in [1.165, 1.54) is 35.3 Å². The molecular formula is C24H27N5O3S2. The van der Waals surface area contributed by atoms with E-state index in [1.807, 2.05) is 29.7 Å². The Hall–Kier alpha value is -3.08. The number of aryl methyl sites for hydroxylation is 2. The Kier molecular flexibility index (Phi) is 7.11. The Balaban J connectivity index is 1.43. The number of aromatic nitrogens is 3. The average Bonchev–Trinajstić information content (AvgIpc) is 3.40. The molecule has 2 aromatic heterocycles. The second-order valence-corrected chi connectivity index (χ2v) is 11.3. The molecule has 0 bridgehead atoms. The molecule has 0 radical (unpaired) electrons. The molecule has 0 aliphatic carbocycles. The van der Waals surface area contributed by atoms with Gasteiger partial charge in [0.1, 0.15) is 5.82 Å². The van der Waals surface area contributed by atoms with Gasteiger partial charge in [0.15, 0.2) is 5.13 Å². The van der Waals surface area contributed by atoms with Gasteiger partial charge in [-0.2, -0.15) is 0 Å². The molecule has 34 heavy (non-hydrogen) atoms. The van der Waals surface area contributed by atoms with Crippen LogP contribution in [-0.4, -0.2) is 47.3 Å². The van der Waals surface area contributed by atoms with Gasteiger partial charge in [0.2, 0.25) is 15.9 Å². The van der Waals surface area contributed by atoms with Crippen LogP contribution >= 0.6 is 11.3 Å². The van der Waals surface area contributed by atoms with Crippen molar-refractivity contribution in [2.75, 3.05) is 19.4 Å². The molecule has 4 rings (SSSR count). The summed E-state index contributed by atoms with van der Waals surface area (Å²) in [5, 5.41) is 3.46. The van der Waals surface area contributed by atoms with Crippen LogP contribution in [0.2, 0.25) is 0 Å². The lowest BCUT2D eigenvalue weighted by molar-refractivity contribution is -0.116. The molecule has 1 amide bonds. The lowest BCUT2D eigenvalue weighted by atomic mass is 10.1. The number of hydrogen-bond acceptors (Lipinski definition) is 6. The zero-order valence-electron chi connectivity index (χ0n) is 19.4. The molecular weight excluding hydrogens is 470 g/mol. The lowest BCUT2D eigenvalue weighted by Crippen LogP contribution is -2.22. The van der Waals surface area contributed by atoms with Crippen molar-refractivity contribution in [2.24, 2.45) is 0 Å². The normalized spacial score (nSPS) is 11.9. The number of nitrogens with zero attached hydrogens (tertiary/aromatic N) is 4. The van der Waals surface area contributed by atoms with E-state index in [-0.39, 0.29) is 17.2 Å². The minimum Gasteiger partial charge on any atom is -0.328 e. The molecule has 2 aromatic carbocycles. The van der Waals surface area contributed by atoms with Gasteiger partial charge < -0.3 is 9.88 Å². The quantitative estimate of drug-likeness (QED) is 0.378. The molecule has 0 atom stereocenters. The molecule has 0 spiro atoms. The number of anilines is 1. The SMILES string of the molecule is CCn1c(CCC(=O)Nc2ncc(Cc3ccccc3)s2)nc2cc(S(=O)(=O)N(C)C)ccc21. The summed E-state index contributed by atoms with van der Waals surface area (Å²) in [6, 6.07) is 15.1. The van der Waals surface area contributed by atoms with Crippen molar-refractivity contribution in [1.29, 1.82) is 0 Å². The third-order valence-corrected chi connectivity index (χ3v) is 8.21. The minimum absolute atomic E-state index is 0.133. The molecule has 10 heteroatoms. The first-order valence-electron chi connectivity index (χ1n) is 11.0. The Morgan fingerprint density at radius 3 is 2.62 bits per heavy atom. The summed E-state index contributed by atoms with van der Waals surface area (Å²) in [7, 11) is -0.540. The van der Waals surface area contributed by atoms with Crippen LogP contribution in [0.1, 0.15) is 29.6 Å². The van der Waals surface area contributed by atoms with Crippen molar-refractivity contribution in [3.63, 3.8) is 0 Å². The molecule has 0 saturated carbocycles. The zero-order valence-corrected chi connectivity index (χ0v) is 21.0. The van der Waals surface area contributed by atoms with Gasteiger partial charge in [-0.15, -0.1) is 11.3 Å². The summed E-state index contributed by atoms with van der Waals surface area (Å²) in [6.07, 6.45) is 3.26. The molecule has 8 nitrogen and oxygen atoms in total. The summed E-state index contributed by atoms with van der Waals surface area (Å²) in [6.45, 7) is 2.67. The molecule has 4 aromatic rings. The summed E-state index contributed by atoms with van der Waals surface area (Å²) in [4.78, 5) is 22.8. The monoisotopic (exact) mass is 497 g/mol. The van der Waals surface area contributed by atoms with E-state index in [0.29, 0.717) is 23.6 Å². The van der Waals surface area contributed by atoms with E-state index < -0.39 is 10.0 Å². The topological polar surface area (TPSA) is 97.2 Å². The number of benzene rings is 2. The highest BCUT2D eigenvalue weighted by atomic mass is 32.2. The molecule has 0 aliphatic heterocycles. The number of imidazole rings is 1. The van der Waals surface area contributed by atoms with Crippen LogP contribution < -0.4 is 5.32 Å². The van der Waals surface area contributed by atoms with Gasteiger partial charge >= 0.3 is 0 Å². The van der Waals surface area contributed by atoms with Gasteiger partial charge in [-0.1, -0.05) is 30.3 Å². The Labute approximate surface area is 203 Å². The third kappa shape index (κ3) is 5.19. The molecule has 0 unspecified atom stereocenters. The maximum Gasteiger partial charge on any atom is 0.242 e. The third-order valence-electron chi connectivity index (χ3n) is 5.49. The van der Waals surface area contributed by atoms with Crippen LogP contribution in [0.4, 0.5) is 5.13 Å². The van der Waals surface area contributed by atoms with Crippen LogP contribution in [-0.2, 0) is 34.2 Å². The van der Waals surface area contributed by atoms with E-state index in [4.69, 9.17) is 0 Å². The van der Waals surface area contributed by atoms with Crippen LogP contribution in [0.25, 0.3) is 11.0 Å². The predicted octanol–water partition coefficient (Wildman–Crippen LogP) is 3.93. The number of sulfonamides is 1. The van der Waals surface area contributed by atoms with Gasteiger partial charge in [-0.05, 0) is 30.7 Å². The Morgan fingerprint density at radius 2 is 1.91 bits per heavy atom. The van der Waals surface area contributed by atoms with E-state index >= 15 is 0 Å². The van der Waals surface area contributed by atoms with Crippen LogP contribution in [0.5, 0.6) is 0 Å². The van der Waals surface area contributed by atoms with E-state index in [0.717, 1.165) is 22.6 Å². The Morgan fingerprint density at radius 1 is 1.15 bits per heavy atom. The highest BCUT2D eigenvalue weighted by Crippen LogP contribution is 2.24. The number of fused-ring (bicyclic) bond motifs is 1. The summed E-state index contributed by atoms with van der Waals surface area (Å²) < 4.78 is 28.1. The van der Waals surface area contributed by atoms with Gasteiger partial charge in [0.05, 0.1) is 15.9 Å². The minimum atomic E-state index is -3.54. The molecule has 1 N–H and O–H groups in total. The molecule has 2 heterocycles. The number of carbonyl (C=O) groups is 1. The van der Waals surface area contributed by atoms with Crippen molar-refractivity contribution in [2.45, 2.75) is 37.6 Å². The van der Waals surface area contributed by atoms with Crippen LogP contribution in [0, 0.1) is 0 Å². The first-order chi connectivity index (χ1) is 16.3. The van der Waals surface area contributed by atoms with Gasteiger partial charge in [0, 0.05) is 51.0 Å². The first-order valence-corrected chi connectivity index (χ1v) is 13.2. The second kappa shape index (κ2) is 10.0. The van der Waals surface area contributed by atoms with Crippen molar-refractivity contribution < 1.29 is 13.2 Å². The second-order valence-electron chi connectivity index (χ2n) is 8.05. The first kappa shape index (κ1) is 24.1. The number of hydrogen-bond donors (Lipinski definition) is 1. The van der Waals surface area contributed by atoms with Crippen molar-refractivity contribution in [3.8, 4) is 0 Å². The fourth-order valence-electron chi connectivity index (χ4n) is 3.73. The van der Waals surface area contributed by atoms with E-state index in [2.05, 4.69) is 27.4 Å².